The van der Waals surface area contributed by atoms with Gasteiger partial charge in [-0.15, -0.1) is 0 Å². The van der Waals surface area contributed by atoms with Gasteiger partial charge in [-0.25, -0.2) is 9.78 Å². The summed E-state index contributed by atoms with van der Waals surface area (Å²) in [7, 11) is 4.89. The van der Waals surface area contributed by atoms with Crippen LogP contribution >= 0.6 is 0 Å². The van der Waals surface area contributed by atoms with Crippen molar-refractivity contribution in [2.45, 2.75) is 97.9 Å². The Hall–Kier alpha value is -6.91. The van der Waals surface area contributed by atoms with Crippen LogP contribution in [0, 0.1) is 25.7 Å². The number of likely N-dealkylation sites (tertiary alicyclic amines) is 1. The van der Waals surface area contributed by atoms with Gasteiger partial charge in [0.1, 0.15) is 30.0 Å². The molecule has 4 aromatic rings. The second-order valence-electron chi connectivity index (χ2n) is 17.8. The average molecular weight is 888 g/mol. The van der Waals surface area contributed by atoms with Crippen LogP contribution < -0.4 is 31.1 Å². The Morgan fingerprint density at radius 2 is 1.62 bits per heavy atom. The van der Waals surface area contributed by atoms with E-state index >= 15 is 0 Å². The molecule has 0 saturated carbocycles. The fourth-order valence-electron chi connectivity index (χ4n) is 8.09. The summed E-state index contributed by atoms with van der Waals surface area (Å²) in [5, 5.41) is 11.9. The Balaban J connectivity index is 1.16. The quantitative estimate of drug-likeness (QED) is 0.120. The molecule has 2 aliphatic rings. The Morgan fingerprint density at radius 3 is 2.28 bits per heavy atom. The molecule has 17 heteroatoms. The number of anilines is 4. The molecule has 0 aliphatic carbocycles. The van der Waals surface area contributed by atoms with Crippen LogP contribution in [0.15, 0.2) is 73.1 Å². The number of nitrogens with one attached hydrogen (secondary N) is 4. The first-order valence-corrected chi connectivity index (χ1v) is 22.1. The van der Waals surface area contributed by atoms with Gasteiger partial charge in [-0.05, 0) is 80.3 Å². The molecule has 17 nitrogen and oxygen atoms in total. The summed E-state index contributed by atoms with van der Waals surface area (Å²) in [4.78, 5) is 103. The van der Waals surface area contributed by atoms with Gasteiger partial charge >= 0.3 is 6.03 Å². The molecule has 4 heterocycles. The summed E-state index contributed by atoms with van der Waals surface area (Å²) in [5.41, 5.74) is 4.58. The van der Waals surface area contributed by atoms with Crippen LogP contribution in [0.2, 0.25) is 0 Å². The van der Waals surface area contributed by atoms with Crippen LogP contribution in [0.3, 0.4) is 0 Å². The number of hydrogen-bond acceptors (Lipinski definition) is 10. The van der Waals surface area contributed by atoms with E-state index in [-0.39, 0.29) is 48.8 Å². The third kappa shape index (κ3) is 11.4. The van der Waals surface area contributed by atoms with Crippen molar-refractivity contribution >= 4 is 58.7 Å². The SMILES string of the molecule is Cc1ccc(Nc2ncc3c(n2)N(C)C(=O)N(c2cc(C(=O)N[C@H](C(=O)N4CCC[C@H]4C(=O)N[C@@H](Cc4ccccc4)C(=O)N[C@@H](CC(C)C)C(=O)N(C)C)C(C)C)ccc2C)C3)cn1. The van der Waals surface area contributed by atoms with E-state index in [1.165, 1.54) is 14.7 Å². The van der Waals surface area contributed by atoms with Crippen LogP contribution in [0.25, 0.3) is 0 Å². The largest absolute Gasteiger partial charge is 0.347 e. The maximum Gasteiger partial charge on any atom is 0.330 e. The highest BCUT2D eigenvalue weighted by atomic mass is 16.2. The summed E-state index contributed by atoms with van der Waals surface area (Å²) in [6, 6.07) is 14.0. The molecule has 2 aromatic heterocycles. The van der Waals surface area contributed by atoms with E-state index in [4.69, 9.17) is 0 Å². The molecular formula is C48H61N11O6. The van der Waals surface area contributed by atoms with Gasteiger partial charge in [-0.2, -0.15) is 4.98 Å². The molecule has 6 rings (SSSR count). The van der Waals surface area contributed by atoms with E-state index in [2.05, 4.69) is 36.2 Å². The number of aryl methyl sites for hydroxylation is 2. The van der Waals surface area contributed by atoms with Crippen molar-refractivity contribution in [3.8, 4) is 0 Å². The van der Waals surface area contributed by atoms with Gasteiger partial charge < -0.3 is 31.1 Å². The van der Waals surface area contributed by atoms with Crippen LogP contribution in [0.1, 0.15) is 79.7 Å². The minimum atomic E-state index is -1.03. The smallest absolute Gasteiger partial charge is 0.330 e. The molecule has 344 valence electrons. The minimum Gasteiger partial charge on any atom is -0.347 e. The molecule has 0 spiro atoms. The topological polar surface area (TPSA) is 202 Å². The number of likely N-dealkylation sites (N-methyl/N-ethyl adjacent to an activating group) is 1. The predicted molar refractivity (Wildman–Crippen MR) is 248 cm³/mol. The third-order valence-corrected chi connectivity index (χ3v) is 11.7. The molecule has 65 heavy (non-hydrogen) atoms. The molecule has 0 bridgehead atoms. The highest BCUT2D eigenvalue weighted by Crippen LogP contribution is 2.33. The number of benzene rings is 2. The Kier molecular flexibility index (Phi) is 15.2. The van der Waals surface area contributed by atoms with Gasteiger partial charge in [0.15, 0.2) is 0 Å². The van der Waals surface area contributed by atoms with E-state index in [1.807, 2.05) is 84.0 Å². The molecule has 4 N–H and O–H groups in total. The molecule has 0 radical (unpaired) electrons. The number of fused-ring (bicyclic) bond motifs is 1. The molecule has 0 unspecified atom stereocenters. The Labute approximate surface area is 380 Å². The van der Waals surface area contributed by atoms with Crippen molar-refractivity contribution < 1.29 is 28.8 Å². The highest BCUT2D eigenvalue weighted by Gasteiger charge is 2.40. The normalized spacial score (nSPS) is 16.1. The van der Waals surface area contributed by atoms with E-state index in [1.54, 1.807) is 56.6 Å². The molecule has 7 amide bonds. The van der Waals surface area contributed by atoms with Gasteiger partial charge in [0.05, 0.1) is 18.4 Å². The first kappa shape index (κ1) is 47.6. The number of carbonyl (C=O) groups is 6. The van der Waals surface area contributed by atoms with Crippen molar-refractivity contribution in [3.05, 3.63) is 101 Å². The van der Waals surface area contributed by atoms with E-state index in [0.29, 0.717) is 48.0 Å². The zero-order valence-corrected chi connectivity index (χ0v) is 38.7. The number of rotatable bonds is 16. The Bertz CT molecular complexity index is 2390. The van der Waals surface area contributed by atoms with Crippen LogP contribution in [-0.4, -0.2) is 112 Å². The van der Waals surface area contributed by atoms with E-state index < -0.39 is 47.8 Å². The lowest BCUT2D eigenvalue weighted by Gasteiger charge is -2.35. The Morgan fingerprint density at radius 1 is 0.877 bits per heavy atom. The summed E-state index contributed by atoms with van der Waals surface area (Å²) in [5.74, 6) is -1.68. The molecular weight excluding hydrogens is 827 g/mol. The van der Waals surface area contributed by atoms with Crippen molar-refractivity contribution in [3.63, 3.8) is 0 Å². The van der Waals surface area contributed by atoms with Gasteiger partial charge in [-0.1, -0.05) is 64.1 Å². The number of nitrogens with zero attached hydrogens (tertiary/aromatic N) is 7. The molecule has 1 saturated heterocycles. The van der Waals surface area contributed by atoms with Gasteiger partial charge in [0.25, 0.3) is 5.91 Å². The first-order valence-electron chi connectivity index (χ1n) is 22.1. The molecule has 1 fully saturated rings. The molecule has 2 aromatic carbocycles. The van der Waals surface area contributed by atoms with Crippen LogP contribution in [0.4, 0.5) is 27.9 Å². The van der Waals surface area contributed by atoms with Gasteiger partial charge in [0.2, 0.25) is 29.6 Å². The van der Waals surface area contributed by atoms with Crippen molar-refractivity contribution in [1.82, 2.24) is 40.7 Å². The number of urea groups is 1. The second kappa shape index (κ2) is 20.7. The van der Waals surface area contributed by atoms with Crippen molar-refractivity contribution in [2.75, 3.05) is 42.8 Å². The first-order chi connectivity index (χ1) is 30.9. The summed E-state index contributed by atoms with van der Waals surface area (Å²) >= 11 is 0. The fraction of sp³-hybridized carbons (Fsp3) is 0.438. The van der Waals surface area contributed by atoms with Gasteiger partial charge in [-0.3, -0.25) is 38.8 Å². The number of pyridine rings is 1. The minimum absolute atomic E-state index is 0.113. The van der Waals surface area contributed by atoms with Crippen molar-refractivity contribution in [1.29, 1.82) is 0 Å². The number of carbonyl (C=O) groups excluding carboxylic acids is 6. The molecule has 4 atom stereocenters. The zero-order chi connectivity index (χ0) is 47.1. The monoisotopic (exact) mass is 887 g/mol. The lowest BCUT2D eigenvalue weighted by molar-refractivity contribution is -0.141. The van der Waals surface area contributed by atoms with Crippen LogP contribution in [-0.2, 0) is 32.1 Å². The lowest BCUT2D eigenvalue weighted by Crippen LogP contribution is -2.59. The number of hydrogen-bond donors (Lipinski definition) is 4. The standard InChI is InChI=1S/C48H61N11O6/c1-28(2)22-37(45(63)56(7)8)53-43(61)36(23-32-14-11-10-12-15-32)52-44(62)38-16-13-21-58(38)46(64)40(29(3)4)54-42(60)33-19-17-30(5)39(24-33)59-27-34-25-50-47(55-41(34)57(9)48(59)65)51-35-20-18-31(6)49-26-35/h10-12,14-15,17-20,24-26,28-29,36-38,40H,13,16,21-23,27H2,1-9H3,(H,52,62)(H,53,61)(H,54,60)(H,50,51,55)/t36-,37-,38-,40-/m0/s1. The van der Waals surface area contributed by atoms with E-state index in [9.17, 15) is 28.8 Å². The van der Waals surface area contributed by atoms with E-state index in [0.717, 1.165) is 16.8 Å². The average Bonchev–Trinajstić information content (AvgIpc) is 3.77. The summed E-state index contributed by atoms with van der Waals surface area (Å²) in [6.07, 6.45) is 4.82. The highest BCUT2D eigenvalue weighted by molar-refractivity contribution is 6.07. The number of amides is 7. The van der Waals surface area contributed by atoms with Crippen molar-refractivity contribution in [2.24, 2.45) is 11.8 Å². The maximum absolute atomic E-state index is 14.4. The summed E-state index contributed by atoms with van der Waals surface area (Å²) in [6.45, 7) is 11.7. The van der Waals surface area contributed by atoms with Crippen LogP contribution in [0.5, 0.6) is 0 Å². The number of aromatic nitrogens is 3. The fourth-order valence-corrected chi connectivity index (χ4v) is 8.09. The summed E-state index contributed by atoms with van der Waals surface area (Å²) < 4.78 is 0. The van der Waals surface area contributed by atoms with Gasteiger partial charge in [0, 0.05) is 62.8 Å². The second-order valence-corrected chi connectivity index (χ2v) is 17.8. The lowest BCUT2D eigenvalue weighted by atomic mass is 10.00. The molecule has 2 aliphatic heterocycles. The zero-order valence-electron chi connectivity index (χ0n) is 38.7. The third-order valence-electron chi connectivity index (χ3n) is 11.7. The predicted octanol–water partition coefficient (Wildman–Crippen LogP) is 4.90. The maximum atomic E-state index is 14.4.